The van der Waals surface area contributed by atoms with Gasteiger partial charge in [0.2, 0.25) is 0 Å². The van der Waals surface area contributed by atoms with Gasteiger partial charge in [-0.05, 0) is 49.8 Å². The number of rotatable bonds is 2. The van der Waals surface area contributed by atoms with E-state index in [0.717, 1.165) is 13.0 Å². The summed E-state index contributed by atoms with van der Waals surface area (Å²) in [5.74, 6) is 0. The van der Waals surface area contributed by atoms with Crippen molar-refractivity contribution in [3.05, 3.63) is 59.4 Å². The van der Waals surface area contributed by atoms with E-state index >= 15 is 0 Å². The Morgan fingerprint density at radius 2 is 1.80 bits per heavy atom. The van der Waals surface area contributed by atoms with Gasteiger partial charge in [-0.2, -0.15) is 0 Å². The van der Waals surface area contributed by atoms with Crippen LogP contribution in [0, 0.1) is 0 Å². The molecule has 0 aromatic rings. The third-order valence-corrected chi connectivity index (χ3v) is 4.11. The second kappa shape index (κ2) is 6.27. The van der Waals surface area contributed by atoms with Gasteiger partial charge < -0.3 is 10.6 Å². The van der Waals surface area contributed by atoms with Gasteiger partial charge >= 0.3 is 0 Å². The summed E-state index contributed by atoms with van der Waals surface area (Å²) in [6, 6.07) is 0.793. The molecule has 0 bridgehead atoms. The quantitative estimate of drug-likeness (QED) is 0.802. The first-order valence-electron chi connectivity index (χ1n) is 7.78. The highest BCUT2D eigenvalue weighted by molar-refractivity contribution is 5.42. The maximum absolute atomic E-state index is 3.71. The van der Waals surface area contributed by atoms with Crippen LogP contribution in [0.15, 0.2) is 59.4 Å². The van der Waals surface area contributed by atoms with E-state index in [1.54, 1.807) is 0 Å². The largest absolute Gasteiger partial charge is 0.383 e. The topological polar surface area (TPSA) is 24.1 Å². The van der Waals surface area contributed by atoms with Crippen LogP contribution in [0.4, 0.5) is 0 Å². The van der Waals surface area contributed by atoms with E-state index in [0.29, 0.717) is 12.1 Å². The lowest BCUT2D eigenvalue weighted by Crippen LogP contribution is -2.40. The summed E-state index contributed by atoms with van der Waals surface area (Å²) >= 11 is 0. The molecular formula is C18H24N2. The molecule has 0 spiro atoms. The molecule has 0 saturated carbocycles. The fourth-order valence-electron chi connectivity index (χ4n) is 3.06. The van der Waals surface area contributed by atoms with Gasteiger partial charge in [0.1, 0.15) is 0 Å². The molecule has 0 aromatic carbocycles. The lowest BCUT2D eigenvalue weighted by atomic mass is 9.99. The van der Waals surface area contributed by atoms with Crippen molar-refractivity contribution in [2.24, 2.45) is 0 Å². The standard InChI is InChI=1S/C18H24N2/c1-14-12-17(15-8-4-2-5-9-15)19-13-18(20-14)16-10-6-3-7-11-16/h4,6,8-12,14,18-20H,2-3,5,7,13H2,1H3/t14-,18?/m0/s1. The van der Waals surface area contributed by atoms with Crippen LogP contribution in [-0.4, -0.2) is 18.6 Å². The summed E-state index contributed by atoms with van der Waals surface area (Å²) in [6.07, 6.45) is 20.8. The summed E-state index contributed by atoms with van der Waals surface area (Å²) in [5, 5.41) is 7.34. The van der Waals surface area contributed by atoms with Crippen LogP contribution in [0.1, 0.15) is 32.6 Å². The normalized spacial score (nSPS) is 29.9. The fourth-order valence-corrected chi connectivity index (χ4v) is 3.06. The molecule has 106 valence electrons. The van der Waals surface area contributed by atoms with Gasteiger partial charge in [0.25, 0.3) is 0 Å². The summed E-state index contributed by atoms with van der Waals surface area (Å²) < 4.78 is 0. The summed E-state index contributed by atoms with van der Waals surface area (Å²) in [6.45, 7) is 3.19. The zero-order valence-corrected chi connectivity index (χ0v) is 12.2. The zero-order chi connectivity index (χ0) is 13.8. The van der Waals surface area contributed by atoms with Gasteiger partial charge in [0.05, 0.1) is 0 Å². The van der Waals surface area contributed by atoms with Crippen molar-refractivity contribution in [1.82, 2.24) is 10.6 Å². The van der Waals surface area contributed by atoms with Gasteiger partial charge in [0.15, 0.2) is 0 Å². The highest BCUT2D eigenvalue weighted by Crippen LogP contribution is 2.20. The lowest BCUT2D eigenvalue weighted by molar-refractivity contribution is 0.540. The Morgan fingerprint density at radius 1 is 1.00 bits per heavy atom. The van der Waals surface area contributed by atoms with Gasteiger partial charge in [-0.3, -0.25) is 0 Å². The summed E-state index contributed by atoms with van der Waals surface area (Å²) in [7, 11) is 0. The smallest absolute Gasteiger partial charge is 0.0496 e. The van der Waals surface area contributed by atoms with Crippen molar-refractivity contribution in [1.29, 1.82) is 0 Å². The van der Waals surface area contributed by atoms with E-state index in [1.165, 1.54) is 36.1 Å². The molecule has 0 fully saturated rings. The molecule has 3 aliphatic rings. The van der Waals surface area contributed by atoms with E-state index in [1.807, 2.05) is 0 Å². The van der Waals surface area contributed by atoms with E-state index in [9.17, 15) is 0 Å². The molecule has 2 nitrogen and oxygen atoms in total. The minimum absolute atomic E-state index is 0.387. The minimum atomic E-state index is 0.387. The summed E-state index contributed by atoms with van der Waals surface area (Å²) in [4.78, 5) is 0. The Hall–Kier alpha value is -1.54. The van der Waals surface area contributed by atoms with Gasteiger partial charge in [-0.25, -0.2) is 0 Å². The Bertz CT molecular complexity index is 506. The molecule has 0 saturated heterocycles. The van der Waals surface area contributed by atoms with E-state index in [-0.39, 0.29) is 0 Å². The number of allylic oxidation sites excluding steroid dienone is 5. The first-order chi connectivity index (χ1) is 9.83. The van der Waals surface area contributed by atoms with Gasteiger partial charge in [-0.1, -0.05) is 36.5 Å². The molecular weight excluding hydrogens is 244 g/mol. The van der Waals surface area contributed by atoms with Crippen molar-refractivity contribution in [2.45, 2.75) is 44.7 Å². The molecule has 0 radical (unpaired) electrons. The molecule has 0 amide bonds. The first kappa shape index (κ1) is 13.4. The van der Waals surface area contributed by atoms with Crippen molar-refractivity contribution in [3.8, 4) is 0 Å². The maximum Gasteiger partial charge on any atom is 0.0496 e. The Balaban J connectivity index is 1.72. The molecule has 2 aliphatic carbocycles. The Labute approximate surface area is 122 Å². The predicted octanol–water partition coefficient (Wildman–Crippen LogP) is 3.37. The van der Waals surface area contributed by atoms with Gasteiger partial charge in [-0.15, -0.1) is 0 Å². The summed E-state index contributed by atoms with van der Waals surface area (Å²) in [5.41, 5.74) is 4.06. The highest BCUT2D eigenvalue weighted by atomic mass is 15.0. The monoisotopic (exact) mass is 268 g/mol. The molecule has 1 aliphatic heterocycles. The molecule has 1 heterocycles. The number of hydrogen-bond donors (Lipinski definition) is 2. The van der Waals surface area contributed by atoms with E-state index in [4.69, 9.17) is 0 Å². The van der Waals surface area contributed by atoms with Crippen LogP contribution < -0.4 is 10.6 Å². The van der Waals surface area contributed by atoms with Crippen molar-refractivity contribution < 1.29 is 0 Å². The van der Waals surface area contributed by atoms with Crippen molar-refractivity contribution >= 4 is 0 Å². The average molecular weight is 268 g/mol. The highest BCUT2D eigenvalue weighted by Gasteiger charge is 2.20. The second-order valence-corrected chi connectivity index (χ2v) is 5.79. The molecule has 2 heteroatoms. The third-order valence-electron chi connectivity index (χ3n) is 4.11. The van der Waals surface area contributed by atoms with Crippen LogP contribution >= 0.6 is 0 Å². The minimum Gasteiger partial charge on any atom is -0.383 e. The molecule has 3 rings (SSSR count). The molecule has 1 unspecified atom stereocenters. The van der Waals surface area contributed by atoms with Crippen LogP contribution in [-0.2, 0) is 0 Å². The first-order valence-corrected chi connectivity index (χ1v) is 7.78. The number of nitrogens with one attached hydrogen (secondary N) is 2. The van der Waals surface area contributed by atoms with E-state index in [2.05, 4.69) is 60.1 Å². The Kier molecular flexibility index (Phi) is 4.22. The van der Waals surface area contributed by atoms with Crippen LogP contribution in [0.25, 0.3) is 0 Å². The molecule has 2 N–H and O–H groups in total. The maximum atomic E-state index is 3.71. The van der Waals surface area contributed by atoms with E-state index < -0.39 is 0 Å². The Morgan fingerprint density at radius 3 is 2.50 bits per heavy atom. The molecule has 0 aromatic heterocycles. The third kappa shape index (κ3) is 3.13. The number of hydrogen-bond acceptors (Lipinski definition) is 2. The van der Waals surface area contributed by atoms with Crippen LogP contribution in [0.2, 0.25) is 0 Å². The molecule has 2 atom stereocenters. The SMILES string of the molecule is C[C@H]1C=C(C2=CCCC=C2)NCC(C2=CCCC=C2)N1. The van der Waals surface area contributed by atoms with Crippen molar-refractivity contribution in [2.75, 3.05) is 6.54 Å². The van der Waals surface area contributed by atoms with Gasteiger partial charge in [0, 0.05) is 24.3 Å². The van der Waals surface area contributed by atoms with Crippen molar-refractivity contribution in [3.63, 3.8) is 0 Å². The predicted molar refractivity (Wildman–Crippen MR) is 85.4 cm³/mol. The molecule has 20 heavy (non-hydrogen) atoms. The lowest BCUT2D eigenvalue weighted by Gasteiger charge is -2.22. The second-order valence-electron chi connectivity index (χ2n) is 5.79. The fraction of sp³-hybridized carbons (Fsp3) is 0.444. The van der Waals surface area contributed by atoms with Crippen LogP contribution in [0.3, 0.4) is 0 Å². The average Bonchev–Trinajstić information content (AvgIpc) is 2.71. The zero-order valence-electron chi connectivity index (χ0n) is 12.2. The van der Waals surface area contributed by atoms with Crippen LogP contribution in [0.5, 0.6) is 0 Å².